The third kappa shape index (κ3) is 4.37. The van der Waals surface area contributed by atoms with Gasteiger partial charge in [0.1, 0.15) is 12.4 Å². The predicted molar refractivity (Wildman–Crippen MR) is 87.2 cm³/mol. The Morgan fingerprint density at radius 2 is 1.76 bits per heavy atom. The second-order valence-corrected chi connectivity index (χ2v) is 5.19. The lowest BCUT2D eigenvalue weighted by atomic mass is 10.0. The Morgan fingerprint density at radius 1 is 1.05 bits per heavy atom. The van der Waals surface area contributed by atoms with E-state index in [4.69, 9.17) is 10.5 Å². The van der Waals surface area contributed by atoms with Crippen LogP contribution in [0.1, 0.15) is 36.5 Å². The van der Waals surface area contributed by atoms with Crippen molar-refractivity contribution in [3.05, 3.63) is 65.2 Å². The molecule has 0 fully saturated rings. The maximum absolute atomic E-state index is 5.88. The zero-order chi connectivity index (χ0) is 15.1. The van der Waals surface area contributed by atoms with E-state index in [2.05, 4.69) is 50.0 Å². The molecule has 0 aliphatic rings. The van der Waals surface area contributed by atoms with Crippen LogP contribution >= 0.6 is 0 Å². The molecule has 2 N–H and O–H groups in total. The van der Waals surface area contributed by atoms with E-state index in [9.17, 15) is 0 Å². The van der Waals surface area contributed by atoms with Gasteiger partial charge in [-0.3, -0.25) is 0 Å². The van der Waals surface area contributed by atoms with E-state index in [1.807, 2.05) is 24.3 Å². The van der Waals surface area contributed by atoms with Gasteiger partial charge >= 0.3 is 0 Å². The normalized spacial score (nSPS) is 10.1. The van der Waals surface area contributed by atoms with E-state index in [1.54, 1.807) is 0 Å². The van der Waals surface area contributed by atoms with Gasteiger partial charge in [0, 0.05) is 0 Å². The minimum absolute atomic E-state index is 0.352. The highest BCUT2D eigenvalue weighted by molar-refractivity contribution is 5.46. The van der Waals surface area contributed by atoms with Crippen LogP contribution in [-0.4, -0.2) is 6.54 Å². The van der Waals surface area contributed by atoms with Gasteiger partial charge in [0.25, 0.3) is 0 Å². The standard InChI is InChI=1S/C19H21NO/c1-15(2)17-11-9-16(10-12-17)14-21-19-8-4-3-6-18(19)7-5-13-20/h3-4,6,8-12,15H,13-14,20H2,1-2H3. The lowest BCUT2D eigenvalue weighted by Gasteiger charge is -2.10. The van der Waals surface area contributed by atoms with Crippen molar-refractivity contribution in [2.45, 2.75) is 26.4 Å². The zero-order valence-electron chi connectivity index (χ0n) is 12.6. The number of benzene rings is 2. The Balaban J connectivity index is 2.06. The smallest absolute Gasteiger partial charge is 0.135 e. The average molecular weight is 279 g/mol. The third-order valence-electron chi connectivity index (χ3n) is 3.25. The van der Waals surface area contributed by atoms with Crippen molar-refractivity contribution in [3.8, 4) is 17.6 Å². The monoisotopic (exact) mass is 279 g/mol. The molecule has 21 heavy (non-hydrogen) atoms. The molecule has 0 aliphatic heterocycles. The highest BCUT2D eigenvalue weighted by atomic mass is 16.5. The van der Waals surface area contributed by atoms with Crippen LogP contribution in [0.15, 0.2) is 48.5 Å². The first-order chi connectivity index (χ1) is 10.2. The van der Waals surface area contributed by atoms with Crippen molar-refractivity contribution >= 4 is 0 Å². The Hall–Kier alpha value is -2.24. The maximum atomic E-state index is 5.88. The van der Waals surface area contributed by atoms with Crippen molar-refractivity contribution < 1.29 is 4.74 Å². The van der Waals surface area contributed by atoms with Gasteiger partial charge in [0.2, 0.25) is 0 Å². The first-order valence-electron chi connectivity index (χ1n) is 7.20. The predicted octanol–water partition coefficient (Wildman–Crippen LogP) is 3.70. The molecule has 0 atom stereocenters. The van der Waals surface area contributed by atoms with Gasteiger partial charge in [0.15, 0.2) is 0 Å². The summed E-state index contributed by atoms with van der Waals surface area (Å²) in [4.78, 5) is 0. The molecule has 0 bridgehead atoms. The van der Waals surface area contributed by atoms with Crippen LogP contribution in [-0.2, 0) is 6.61 Å². The van der Waals surface area contributed by atoms with Crippen LogP contribution in [0.4, 0.5) is 0 Å². The zero-order valence-corrected chi connectivity index (χ0v) is 12.6. The summed E-state index contributed by atoms with van der Waals surface area (Å²) in [5, 5.41) is 0. The summed E-state index contributed by atoms with van der Waals surface area (Å²) in [7, 11) is 0. The summed E-state index contributed by atoms with van der Waals surface area (Å²) in [6.45, 7) is 5.28. The summed E-state index contributed by atoms with van der Waals surface area (Å²) in [5.74, 6) is 7.24. The van der Waals surface area contributed by atoms with Gasteiger partial charge in [0.05, 0.1) is 12.1 Å². The minimum Gasteiger partial charge on any atom is -0.488 e. The summed E-state index contributed by atoms with van der Waals surface area (Å²) in [6.07, 6.45) is 0. The molecule has 2 aromatic rings. The number of hydrogen-bond donors (Lipinski definition) is 1. The molecule has 0 spiro atoms. The molecule has 2 rings (SSSR count). The van der Waals surface area contributed by atoms with Crippen LogP contribution in [0.3, 0.4) is 0 Å². The first-order valence-corrected chi connectivity index (χ1v) is 7.20. The van der Waals surface area contributed by atoms with Crippen LogP contribution in [0, 0.1) is 11.8 Å². The topological polar surface area (TPSA) is 35.2 Å². The Morgan fingerprint density at radius 3 is 2.43 bits per heavy atom. The average Bonchev–Trinajstić information content (AvgIpc) is 2.52. The summed E-state index contributed by atoms with van der Waals surface area (Å²) >= 11 is 0. The number of rotatable bonds is 4. The van der Waals surface area contributed by atoms with Crippen molar-refractivity contribution in [1.29, 1.82) is 0 Å². The highest BCUT2D eigenvalue weighted by Gasteiger charge is 2.02. The summed E-state index contributed by atoms with van der Waals surface area (Å²) < 4.78 is 5.88. The van der Waals surface area contributed by atoms with Gasteiger partial charge in [-0.15, -0.1) is 0 Å². The Labute approximate surface area is 126 Å². The molecule has 0 aromatic heterocycles. The molecular weight excluding hydrogens is 258 g/mol. The Bertz CT molecular complexity index is 633. The van der Waals surface area contributed by atoms with Gasteiger partial charge < -0.3 is 10.5 Å². The van der Waals surface area contributed by atoms with Crippen LogP contribution in [0.25, 0.3) is 0 Å². The molecule has 0 saturated heterocycles. The van der Waals surface area contributed by atoms with Crippen LogP contribution in [0.2, 0.25) is 0 Å². The van der Waals surface area contributed by atoms with E-state index in [1.165, 1.54) is 5.56 Å². The maximum Gasteiger partial charge on any atom is 0.135 e. The fraction of sp³-hybridized carbons (Fsp3) is 0.263. The highest BCUT2D eigenvalue weighted by Crippen LogP contribution is 2.19. The van der Waals surface area contributed by atoms with Gasteiger partial charge in [-0.25, -0.2) is 0 Å². The van der Waals surface area contributed by atoms with Crippen molar-refractivity contribution in [2.24, 2.45) is 5.73 Å². The van der Waals surface area contributed by atoms with E-state index >= 15 is 0 Å². The van der Waals surface area contributed by atoms with Crippen molar-refractivity contribution in [1.82, 2.24) is 0 Å². The molecule has 108 valence electrons. The fourth-order valence-electron chi connectivity index (χ4n) is 2.00. The molecule has 0 aliphatic carbocycles. The number of para-hydroxylation sites is 1. The molecule has 2 nitrogen and oxygen atoms in total. The molecule has 0 amide bonds. The quantitative estimate of drug-likeness (QED) is 0.866. The van der Waals surface area contributed by atoms with Crippen LogP contribution < -0.4 is 10.5 Å². The number of hydrogen-bond acceptors (Lipinski definition) is 2. The molecular formula is C19H21NO. The lowest BCUT2D eigenvalue weighted by Crippen LogP contribution is -1.98. The number of nitrogens with two attached hydrogens (primary N) is 1. The van der Waals surface area contributed by atoms with Gasteiger partial charge in [-0.05, 0) is 29.2 Å². The molecule has 0 saturated carbocycles. The molecule has 2 heteroatoms. The van der Waals surface area contributed by atoms with Crippen LogP contribution in [0.5, 0.6) is 5.75 Å². The SMILES string of the molecule is CC(C)c1ccc(COc2ccccc2C#CCN)cc1. The van der Waals surface area contributed by atoms with Gasteiger partial charge in [-0.2, -0.15) is 0 Å². The third-order valence-corrected chi connectivity index (χ3v) is 3.25. The molecule has 0 radical (unpaired) electrons. The second kappa shape index (κ2) is 7.52. The first kappa shape index (κ1) is 15.2. The van der Waals surface area contributed by atoms with E-state index in [0.29, 0.717) is 19.1 Å². The van der Waals surface area contributed by atoms with Gasteiger partial charge in [-0.1, -0.05) is 62.1 Å². The summed E-state index contributed by atoms with van der Waals surface area (Å²) in [6, 6.07) is 16.3. The molecule has 0 heterocycles. The van der Waals surface area contributed by atoms with Crippen molar-refractivity contribution in [3.63, 3.8) is 0 Å². The number of ether oxygens (including phenoxy) is 1. The molecule has 2 aromatic carbocycles. The molecule has 0 unspecified atom stereocenters. The van der Waals surface area contributed by atoms with E-state index in [0.717, 1.165) is 16.9 Å². The Kier molecular flexibility index (Phi) is 5.43. The van der Waals surface area contributed by atoms with E-state index < -0.39 is 0 Å². The fourth-order valence-corrected chi connectivity index (χ4v) is 2.00. The van der Waals surface area contributed by atoms with E-state index in [-0.39, 0.29) is 0 Å². The van der Waals surface area contributed by atoms with Crippen molar-refractivity contribution in [2.75, 3.05) is 6.54 Å². The minimum atomic E-state index is 0.352. The largest absolute Gasteiger partial charge is 0.488 e. The summed E-state index contributed by atoms with van der Waals surface area (Å²) in [5.41, 5.74) is 8.79. The second-order valence-electron chi connectivity index (χ2n) is 5.19. The lowest BCUT2D eigenvalue weighted by molar-refractivity contribution is 0.305.